The van der Waals surface area contributed by atoms with E-state index in [9.17, 15) is 10.1 Å². The van der Waals surface area contributed by atoms with Gasteiger partial charge in [-0.15, -0.1) is 0 Å². The average molecular weight is 283 g/mol. The van der Waals surface area contributed by atoms with Crippen LogP contribution >= 0.6 is 0 Å². The summed E-state index contributed by atoms with van der Waals surface area (Å²) >= 11 is 0. The molecule has 1 N–H and O–H groups in total. The highest BCUT2D eigenvalue weighted by molar-refractivity contribution is 6.12. The number of benzene rings is 1. The molecule has 2 aliphatic heterocycles. The number of methoxy groups -OCH3 is 1. The van der Waals surface area contributed by atoms with Gasteiger partial charge in [-0.3, -0.25) is 4.79 Å². The highest BCUT2D eigenvalue weighted by Gasteiger charge is 2.43. The van der Waals surface area contributed by atoms with Crippen molar-refractivity contribution in [2.24, 2.45) is 11.1 Å². The molecule has 0 saturated carbocycles. The summed E-state index contributed by atoms with van der Waals surface area (Å²) in [5.74, 6) is 0.0305. The van der Waals surface area contributed by atoms with Crippen LogP contribution in [-0.2, 0) is 9.63 Å². The maximum absolute atomic E-state index is 12.0. The topological polar surface area (TPSA) is 83.7 Å². The lowest BCUT2D eigenvalue weighted by atomic mass is 9.82. The number of nitriles is 1. The van der Waals surface area contributed by atoms with Crippen LogP contribution in [0.15, 0.2) is 35.0 Å². The number of carbonyl (C=O) groups excluding carboxylic acids is 1. The molecule has 0 aliphatic carbocycles. The summed E-state index contributed by atoms with van der Waals surface area (Å²) in [4.78, 5) is 17.3. The Bertz CT molecular complexity index is 698. The molecule has 0 fully saturated rings. The lowest BCUT2D eigenvalue weighted by molar-refractivity contribution is -0.121. The van der Waals surface area contributed by atoms with E-state index >= 15 is 0 Å². The van der Waals surface area contributed by atoms with Gasteiger partial charge in [-0.1, -0.05) is 17.3 Å². The van der Waals surface area contributed by atoms with E-state index < -0.39 is 12.1 Å². The molecule has 0 radical (unpaired) electrons. The molecule has 0 unspecified atom stereocenters. The fourth-order valence-electron chi connectivity index (χ4n) is 2.63. The molecule has 0 spiro atoms. The van der Waals surface area contributed by atoms with Crippen molar-refractivity contribution in [1.29, 1.82) is 5.26 Å². The standard InChI is InChI=1S/C15H13N3O3/c1-8-12-13(9-3-5-10(20-2)6-4-9)11(7-16)14(19)17-15(12)21-18-8/h3-6,12,15H,1-2H3,(H,17,19)/t12-,15-/m1/s1. The number of nitrogens with one attached hydrogen (secondary N) is 1. The lowest BCUT2D eigenvalue weighted by Gasteiger charge is -2.27. The molecular formula is C15H13N3O3. The molecule has 1 amide bonds. The highest BCUT2D eigenvalue weighted by Crippen LogP contribution is 2.37. The summed E-state index contributed by atoms with van der Waals surface area (Å²) in [7, 11) is 1.58. The van der Waals surface area contributed by atoms with Crippen molar-refractivity contribution in [1.82, 2.24) is 5.32 Å². The summed E-state index contributed by atoms with van der Waals surface area (Å²) in [5.41, 5.74) is 2.27. The van der Waals surface area contributed by atoms with Gasteiger partial charge in [0, 0.05) is 0 Å². The molecule has 2 heterocycles. The predicted octanol–water partition coefficient (Wildman–Crippen LogP) is 1.45. The van der Waals surface area contributed by atoms with Crippen LogP contribution in [0.4, 0.5) is 0 Å². The van der Waals surface area contributed by atoms with E-state index in [-0.39, 0.29) is 11.5 Å². The first kappa shape index (κ1) is 13.2. The number of fused-ring (bicyclic) bond motifs is 1. The zero-order valence-corrected chi connectivity index (χ0v) is 11.6. The molecule has 21 heavy (non-hydrogen) atoms. The van der Waals surface area contributed by atoms with E-state index in [2.05, 4.69) is 10.5 Å². The Kier molecular flexibility index (Phi) is 3.10. The fourth-order valence-corrected chi connectivity index (χ4v) is 2.63. The minimum atomic E-state index is -0.549. The Morgan fingerprint density at radius 1 is 1.38 bits per heavy atom. The van der Waals surface area contributed by atoms with E-state index in [0.717, 1.165) is 11.3 Å². The maximum atomic E-state index is 12.0. The number of carbonyl (C=O) groups is 1. The largest absolute Gasteiger partial charge is 0.497 e. The second-order valence-electron chi connectivity index (χ2n) is 4.84. The van der Waals surface area contributed by atoms with Gasteiger partial charge >= 0.3 is 0 Å². The van der Waals surface area contributed by atoms with Crippen LogP contribution < -0.4 is 10.1 Å². The zero-order valence-electron chi connectivity index (χ0n) is 11.6. The second-order valence-corrected chi connectivity index (χ2v) is 4.84. The molecule has 1 aromatic carbocycles. The summed E-state index contributed by atoms with van der Waals surface area (Å²) in [6.45, 7) is 1.82. The van der Waals surface area contributed by atoms with E-state index in [1.807, 2.05) is 25.1 Å². The molecule has 6 heteroatoms. The predicted molar refractivity (Wildman–Crippen MR) is 75.1 cm³/mol. The average Bonchev–Trinajstić information content (AvgIpc) is 2.87. The minimum Gasteiger partial charge on any atom is -0.497 e. The van der Waals surface area contributed by atoms with Crippen LogP contribution in [0.1, 0.15) is 12.5 Å². The highest BCUT2D eigenvalue weighted by atomic mass is 16.7. The van der Waals surface area contributed by atoms with Crippen molar-refractivity contribution in [2.45, 2.75) is 13.2 Å². The normalized spacial score (nSPS) is 23.7. The van der Waals surface area contributed by atoms with Crippen LogP contribution in [0.2, 0.25) is 0 Å². The first-order valence-corrected chi connectivity index (χ1v) is 6.45. The number of rotatable bonds is 2. The third-order valence-corrected chi connectivity index (χ3v) is 3.66. The van der Waals surface area contributed by atoms with E-state index in [4.69, 9.17) is 9.57 Å². The number of oxime groups is 1. The summed E-state index contributed by atoms with van der Waals surface area (Å²) in [6.07, 6.45) is -0.549. The van der Waals surface area contributed by atoms with Crippen molar-refractivity contribution in [2.75, 3.05) is 7.11 Å². The molecule has 6 nitrogen and oxygen atoms in total. The van der Waals surface area contributed by atoms with E-state index in [0.29, 0.717) is 11.3 Å². The van der Waals surface area contributed by atoms with Gasteiger partial charge in [0.05, 0.1) is 18.7 Å². The Morgan fingerprint density at radius 3 is 2.71 bits per heavy atom. The smallest absolute Gasteiger partial charge is 0.265 e. The molecule has 0 aromatic heterocycles. The molecule has 2 atom stereocenters. The van der Waals surface area contributed by atoms with Crippen LogP contribution in [0, 0.1) is 17.2 Å². The van der Waals surface area contributed by atoms with Gasteiger partial charge in [0.15, 0.2) is 0 Å². The van der Waals surface area contributed by atoms with Gasteiger partial charge in [0.1, 0.15) is 17.4 Å². The Balaban J connectivity index is 2.15. The van der Waals surface area contributed by atoms with Crippen molar-refractivity contribution in [3.63, 3.8) is 0 Å². The number of ether oxygens (including phenoxy) is 1. The molecule has 0 bridgehead atoms. The van der Waals surface area contributed by atoms with E-state index in [1.165, 1.54) is 0 Å². The van der Waals surface area contributed by atoms with Crippen LogP contribution in [0.3, 0.4) is 0 Å². The second kappa shape index (κ2) is 4.94. The zero-order chi connectivity index (χ0) is 15.0. The lowest BCUT2D eigenvalue weighted by Crippen LogP contribution is -2.46. The van der Waals surface area contributed by atoms with Gasteiger partial charge in [-0.05, 0) is 30.2 Å². The third-order valence-electron chi connectivity index (χ3n) is 3.66. The van der Waals surface area contributed by atoms with Gasteiger partial charge in [-0.2, -0.15) is 5.26 Å². The van der Waals surface area contributed by atoms with Gasteiger partial charge < -0.3 is 14.9 Å². The Morgan fingerprint density at radius 2 is 2.10 bits per heavy atom. The quantitative estimate of drug-likeness (QED) is 0.890. The van der Waals surface area contributed by atoms with Crippen molar-refractivity contribution >= 4 is 17.2 Å². The molecule has 2 aliphatic rings. The van der Waals surface area contributed by atoms with Crippen molar-refractivity contribution in [3.05, 3.63) is 35.4 Å². The molecule has 1 aromatic rings. The van der Waals surface area contributed by atoms with Crippen LogP contribution in [0.25, 0.3) is 5.57 Å². The molecule has 0 saturated heterocycles. The monoisotopic (exact) mass is 283 g/mol. The van der Waals surface area contributed by atoms with Crippen molar-refractivity contribution in [3.8, 4) is 11.8 Å². The Hall–Kier alpha value is -2.81. The number of hydrogen-bond donors (Lipinski definition) is 1. The maximum Gasteiger partial charge on any atom is 0.265 e. The number of hydrogen-bond acceptors (Lipinski definition) is 5. The summed E-state index contributed by atoms with van der Waals surface area (Å²) < 4.78 is 5.13. The van der Waals surface area contributed by atoms with Crippen molar-refractivity contribution < 1.29 is 14.4 Å². The molecule has 106 valence electrons. The first-order chi connectivity index (χ1) is 10.2. The third kappa shape index (κ3) is 2.03. The Labute approximate surface area is 121 Å². The van der Waals surface area contributed by atoms with Crippen LogP contribution in [-0.4, -0.2) is 25.0 Å². The van der Waals surface area contributed by atoms with Gasteiger partial charge in [-0.25, -0.2) is 0 Å². The first-order valence-electron chi connectivity index (χ1n) is 6.45. The minimum absolute atomic E-state index is 0.0986. The van der Waals surface area contributed by atoms with E-state index in [1.54, 1.807) is 19.2 Å². The number of nitrogens with zero attached hydrogens (tertiary/aromatic N) is 2. The van der Waals surface area contributed by atoms with Crippen LogP contribution in [0.5, 0.6) is 5.75 Å². The summed E-state index contributed by atoms with van der Waals surface area (Å²) in [6, 6.07) is 9.23. The van der Waals surface area contributed by atoms with Gasteiger partial charge in [0.2, 0.25) is 6.23 Å². The number of amides is 1. The molecular weight excluding hydrogens is 270 g/mol. The summed E-state index contributed by atoms with van der Waals surface area (Å²) in [5, 5.41) is 15.9. The fraction of sp³-hybridized carbons (Fsp3) is 0.267. The van der Waals surface area contributed by atoms with Gasteiger partial charge in [0.25, 0.3) is 5.91 Å². The molecule has 3 rings (SSSR count). The SMILES string of the molecule is COc1ccc(C2=C(C#N)C(=O)N[C@@H]3ON=C(C)[C@H]23)cc1.